The van der Waals surface area contributed by atoms with Gasteiger partial charge in [0.05, 0.1) is 18.6 Å². The van der Waals surface area contributed by atoms with Crippen molar-refractivity contribution in [1.29, 1.82) is 0 Å². The zero-order valence-electron chi connectivity index (χ0n) is 18.7. The summed E-state index contributed by atoms with van der Waals surface area (Å²) in [5.74, 6) is -0.840. The molecule has 0 bridgehead atoms. The first-order chi connectivity index (χ1) is 15.9. The van der Waals surface area contributed by atoms with Gasteiger partial charge in [-0.25, -0.2) is 4.39 Å². The second kappa shape index (κ2) is 8.36. The fourth-order valence-corrected chi connectivity index (χ4v) is 6.02. The summed E-state index contributed by atoms with van der Waals surface area (Å²) in [5.41, 5.74) is 0.0919. The van der Waals surface area contributed by atoms with Crippen molar-refractivity contribution in [1.82, 2.24) is 9.88 Å². The van der Waals surface area contributed by atoms with Gasteiger partial charge in [0.25, 0.3) is 0 Å². The van der Waals surface area contributed by atoms with E-state index in [9.17, 15) is 14.7 Å². The Morgan fingerprint density at radius 2 is 2.06 bits per heavy atom. The van der Waals surface area contributed by atoms with Crippen molar-refractivity contribution in [2.24, 2.45) is 11.8 Å². The minimum absolute atomic E-state index is 0.0431. The largest absolute Gasteiger partial charge is 0.481 e. The Hall–Kier alpha value is -3.09. The molecule has 2 aromatic heterocycles. The smallest absolute Gasteiger partial charge is 0.306 e. The third-order valence-electron chi connectivity index (χ3n) is 7.54. The molecule has 0 spiro atoms. The van der Waals surface area contributed by atoms with E-state index >= 15 is 4.39 Å². The zero-order chi connectivity index (χ0) is 23.2. The molecule has 1 saturated carbocycles. The highest BCUT2D eigenvalue weighted by molar-refractivity contribution is 5.97. The van der Waals surface area contributed by atoms with E-state index in [1.807, 2.05) is 24.3 Å². The third kappa shape index (κ3) is 3.83. The van der Waals surface area contributed by atoms with Gasteiger partial charge in [-0.3, -0.25) is 9.59 Å². The Kier molecular flexibility index (Phi) is 5.51. The number of aromatic amines is 1. The number of hydrogen-bond acceptors (Lipinski definition) is 3. The molecule has 174 valence electrons. The topological polar surface area (TPSA) is 86.5 Å². The summed E-state index contributed by atoms with van der Waals surface area (Å²) in [7, 11) is 0. The number of carbonyl (C=O) groups is 2. The van der Waals surface area contributed by atoms with Crippen LogP contribution in [0.3, 0.4) is 0 Å². The van der Waals surface area contributed by atoms with Gasteiger partial charge in [0.1, 0.15) is 11.4 Å². The Morgan fingerprint density at radius 3 is 2.82 bits per heavy atom. The number of amides is 1. The van der Waals surface area contributed by atoms with Crippen LogP contribution in [0.2, 0.25) is 0 Å². The van der Waals surface area contributed by atoms with E-state index in [0.29, 0.717) is 29.7 Å². The number of carboxylic acid groups (broad SMARTS) is 1. The highest BCUT2D eigenvalue weighted by Gasteiger charge is 2.45. The van der Waals surface area contributed by atoms with Crippen LogP contribution in [0.25, 0.3) is 22.2 Å². The minimum atomic E-state index is -1.90. The maximum Gasteiger partial charge on any atom is 0.306 e. The number of piperidine rings is 1. The van der Waals surface area contributed by atoms with Crippen molar-refractivity contribution in [2.75, 3.05) is 6.54 Å². The molecule has 5 rings (SSSR count). The van der Waals surface area contributed by atoms with Crippen LogP contribution in [0.4, 0.5) is 4.39 Å². The molecule has 33 heavy (non-hydrogen) atoms. The predicted octanol–water partition coefficient (Wildman–Crippen LogP) is 5.49. The molecule has 2 aliphatic rings. The van der Waals surface area contributed by atoms with Gasteiger partial charge in [-0.05, 0) is 56.7 Å². The van der Waals surface area contributed by atoms with E-state index in [4.69, 9.17) is 4.42 Å². The highest BCUT2D eigenvalue weighted by Crippen LogP contribution is 2.43. The Bertz CT molecular complexity index is 1170. The number of fused-ring (bicyclic) bond motifs is 2. The van der Waals surface area contributed by atoms with Crippen molar-refractivity contribution in [2.45, 2.75) is 57.2 Å². The normalized spacial score (nSPS) is 24.9. The van der Waals surface area contributed by atoms with Crippen LogP contribution in [-0.4, -0.2) is 39.5 Å². The molecule has 1 aromatic carbocycles. The van der Waals surface area contributed by atoms with E-state index in [1.54, 1.807) is 23.4 Å². The van der Waals surface area contributed by atoms with Crippen molar-refractivity contribution in [3.8, 4) is 11.3 Å². The number of likely N-dealkylation sites (tertiary alicyclic amines) is 1. The molecule has 1 saturated heterocycles. The second-order valence-corrected chi connectivity index (χ2v) is 9.62. The maximum atomic E-state index is 16.2. The molecular weight excluding hydrogens is 423 g/mol. The van der Waals surface area contributed by atoms with Crippen molar-refractivity contribution < 1.29 is 23.5 Å². The summed E-state index contributed by atoms with van der Waals surface area (Å²) in [6.45, 7) is 2.02. The number of furan rings is 1. The van der Waals surface area contributed by atoms with Gasteiger partial charge < -0.3 is 19.4 Å². The van der Waals surface area contributed by atoms with E-state index in [1.165, 1.54) is 6.92 Å². The summed E-state index contributed by atoms with van der Waals surface area (Å²) in [6, 6.07) is 9.17. The van der Waals surface area contributed by atoms with Crippen molar-refractivity contribution in [3.63, 3.8) is 0 Å². The molecule has 6 nitrogen and oxygen atoms in total. The lowest BCUT2D eigenvalue weighted by Crippen LogP contribution is -2.53. The van der Waals surface area contributed by atoms with Gasteiger partial charge in [0.2, 0.25) is 5.91 Å². The van der Waals surface area contributed by atoms with Crippen LogP contribution in [0.1, 0.15) is 51.0 Å². The Morgan fingerprint density at radius 1 is 1.21 bits per heavy atom. The second-order valence-electron chi connectivity index (χ2n) is 9.62. The fraction of sp³-hybridized carbons (Fsp3) is 0.462. The molecule has 0 radical (unpaired) electrons. The Balaban J connectivity index is 1.43. The number of nitrogens with zero attached hydrogens (tertiary/aromatic N) is 1. The van der Waals surface area contributed by atoms with Crippen molar-refractivity contribution >= 4 is 22.8 Å². The molecule has 4 atom stereocenters. The van der Waals surface area contributed by atoms with Crippen LogP contribution in [0, 0.1) is 11.8 Å². The molecule has 7 heteroatoms. The molecule has 3 aromatic rings. The number of nitrogens with one attached hydrogen (secondary N) is 1. The number of hydrogen-bond donors (Lipinski definition) is 2. The molecule has 1 aliphatic carbocycles. The zero-order valence-corrected chi connectivity index (χ0v) is 18.7. The van der Waals surface area contributed by atoms with Gasteiger partial charge in [0, 0.05) is 40.8 Å². The van der Waals surface area contributed by atoms with Gasteiger partial charge in [0.15, 0.2) is 0 Å². The number of carbonyl (C=O) groups excluding carboxylic acids is 1. The number of aromatic nitrogens is 1. The monoisotopic (exact) mass is 452 g/mol. The van der Waals surface area contributed by atoms with Crippen LogP contribution < -0.4 is 0 Å². The lowest BCUT2D eigenvalue weighted by molar-refractivity contribution is -0.152. The summed E-state index contributed by atoms with van der Waals surface area (Å²) < 4.78 is 21.8. The maximum absolute atomic E-state index is 16.2. The first-order valence-corrected chi connectivity index (χ1v) is 11.7. The quantitative estimate of drug-likeness (QED) is 0.536. The molecule has 4 unspecified atom stereocenters. The van der Waals surface area contributed by atoms with Gasteiger partial charge >= 0.3 is 5.97 Å². The highest BCUT2D eigenvalue weighted by atomic mass is 19.1. The summed E-state index contributed by atoms with van der Waals surface area (Å²) in [4.78, 5) is 30.1. The van der Waals surface area contributed by atoms with Gasteiger partial charge in [-0.15, -0.1) is 0 Å². The number of aliphatic carboxylic acids is 1. The standard InChI is InChI=1S/C26H29FN2O4/c1-26(27,19-15-28-20-9-2-7-18(24(19)20)22-11-5-13-33-22)14-23(30)29-12-4-8-16-17(25(31)32)6-3-10-21(16)29/h2,5,7,9,11,13,15-17,21,28H,3-4,6,8,10,12,14H2,1H3,(H,31,32). The number of carboxylic acids is 1. The average molecular weight is 453 g/mol. The number of halogens is 1. The van der Waals surface area contributed by atoms with E-state index in [2.05, 4.69) is 4.98 Å². The fourth-order valence-electron chi connectivity index (χ4n) is 6.02. The SMILES string of the molecule is CC(F)(CC(=O)N1CCCC2C(C(=O)O)CCCC21)c1c[nH]c2cccc(-c3ccco3)c12. The van der Waals surface area contributed by atoms with E-state index < -0.39 is 17.6 Å². The van der Waals surface area contributed by atoms with Crippen LogP contribution in [0.15, 0.2) is 47.2 Å². The van der Waals surface area contributed by atoms with Gasteiger partial charge in [-0.1, -0.05) is 18.6 Å². The summed E-state index contributed by atoms with van der Waals surface area (Å²) in [6.07, 6.45) is 6.74. The number of alkyl halides is 1. The molecule has 1 amide bonds. The lowest BCUT2D eigenvalue weighted by atomic mass is 9.71. The van der Waals surface area contributed by atoms with Crippen LogP contribution in [0.5, 0.6) is 0 Å². The minimum Gasteiger partial charge on any atom is -0.481 e. The molecular formula is C26H29FN2O4. The molecule has 2 fully saturated rings. The van der Waals surface area contributed by atoms with Gasteiger partial charge in [-0.2, -0.15) is 0 Å². The molecule has 1 aliphatic heterocycles. The number of benzene rings is 1. The predicted molar refractivity (Wildman–Crippen MR) is 122 cm³/mol. The van der Waals surface area contributed by atoms with Crippen molar-refractivity contribution in [3.05, 3.63) is 48.4 Å². The third-order valence-corrected chi connectivity index (χ3v) is 7.54. The average Bonchev–Trinajstić information content (AvgIpc) is 3.48. The van der Waals surface area contributed by atoms with E-state index in [0.717, 1.165) is 36.8 Å². The van der Waals surface area contributed by atoms with E-state index in [-0.39, 0.29) is 24.3 Å². The lowest BCUT2D eigenvalue weighted by Gasteiger charge is -2.47. The van der Waals surface area contributed by atoms with Crippen LogP contribution >= 0.6 is 0 Å². The number of rotatable bonds is 5. The first-order valence-electron chi connectivity index (χ1n) is 11.7. The molecule has 2 N–H and O–H groups in total. The summed E-state index contributed by atoms with van der Waals surface area (Å²) >= 11 is 0. The summed E-state index contributed by atoms with van der Waals surface area (Å²) in [5, 5.41) is 10.4. The Labute approximate surface area is 191 Å². The number of H-pyrrole nitrogens is 1. The molecule has 3 heterocycles. The first kappa shape index (κ1) is 21.7. The van der Waals surface area contributed by atoms with Crippen LogP contribution in [-0.2, 0) is 15.3 Å².